The molecule has 1 fully saturated rings. The zero-order valence-electron chi connectivity index (χ0n) is 10.7. The number of aryl methyl sites for hydroxylation is 2. The van der Waals surface area contributed by atoms with E-state index in [1.165, 1.54) is 36.8 Å². The van der Waals surface area contributed by atoms with Crippen molar-refractivity contribution in [3.8, 4) is 5.75 Å². The van der Waals surface area contributed by atoms with Crippen molar-refractivity contribution in [2.24, 2.45) is 5.73 Å². The molecule has 0 amide bonds. The fourth-order valence-electron chi connectivity index (χ4n) is 2.81. The second-order valence-corrected chi connectivity index (χ2v) is 5.32. The van der Waals surface area contributed by atoms with Gasteiger partial charge in [0.2, 0.25) is 0 Å². The minimum Gasteiger partial charge on any atom is -0.486 e. The van der Waals surface area contributed by atoms with Crippen LogP contribution in [0.1, 0.15) is 30.4 Å². The maximum Gasteiger partial charge on any atom is 0.137 e. The molecule has 0 aromatic heterocycles. The van der Waals surface area contributed by atoms with Crippen molar-refractivity contribution in [1.82, 2.24) is 0 Å². The van der Waals surface area contributed by atoms with E-state index in [1.807, 2.05) is 0 Å². The zero-order chi connectivity index (χ0) is 12.4. The van der Waals surface area contributed by atoms with Crippen LogP contribution in [0.2, 0.25) is 0 Å². The van der Waals surface area contributed by atoms with E-state index in [0.29, 0.717) is 6.61 Å². The van der Waals surface area contributed by atoms with Crippen molar-refractivity contribution in [3.05, 3.63) is 29.3 Å². The molecule has 2 atom stereocenters. The lowest BCUT2D eigenvalue weighted by atomic mass is 9.92. The summed E-state index contributed by atoms with van der Waals surface area (Å²) in [6, 6.07) is 6.56. The van der Waals surface area contributed by atoms with E-state index < -0.39 is 0 Å². The summed E-state index contributed by atoms with van der Waals surface area (Å²) >= 11 is 0. The van der Waals surface area contributed by atoms with Crippen LogP contribution in [0.25, 0.3) is 0 Å². The van der Waals surface area contributed by atoms with Gasteiger partial charge in [0.25, 0.3) is 0 Å². The fraction of sp³-hybridized carbons (Fsp3) is 0.600. The van der Waals surface area contributed by atoms with E-state index in [4.69, 9.17) is 15.2 Å². The number of benzene rings is 1. The van der Waals surface area contributed by atoms with Gasteiger partial charge in [-0.05, 0) is 55.4 Å². The molecule has 0 spiro atoms. The summed E-state index contributed by atoms with van der Waals surface area (Å²) in [5.74, 6) is 0.946. The van der Waals surface area contributed by atoms with Crippen LogP contribution in [0.4, 0.5) is 0 Å². The maximum absolute atomic E-state index is 6.06. The SMILES string of the molecule is NC1CCOCC1Oc1ccc2c(c1)CCCC2. The van der Waals surface area contributed by atoms with E-state index in [-0.39, 0.29) is 12.1 Å². The molecule has 1 aliphatic heterocycles. The number of nitrogens with two attached hydrogens (primary N) is 1. The van der Waals surface area contributed by atoms with Crippen LogP contribution in [-0.2, 0) is 17.6 Å². The van der Waals surface area contributed by atoms with Crippen LogP contribution in [0.3, 0.4) is 0 Å². The molecule has 1 aromatic carbocycles. The molecule has 1 aliphatic carbocycles. The molecule has 3 rings (SSSR count). The highest BCUT2D eigenvalue weighted by Crippen LogP contribution is 2.26. The Morgan fingerprint density at radius 1 is 1.17 bits per heavy atom. The first kappa shape index (κ1) is 12.0. The third-order valence-corrected chi connectivity index (χ3v) is 3.96. The number of hydrogen-bond donors (Lipinski definition) is 1. The molecule has 0 radical (unpaired) electrons. The Kier molecular flexibility index (Phi) is 3.52. The zero-order valence-corrected chi connectivity index (χ0v) is 10.7. The smallest absolute Gasteiger partial charge is 0.137 e. The van der Waals surface area contributed by atoms with E-state index in [1.54, 1.807) is 0 Å². The third kappa shape index (κ3) is 2.52. The molecule has 2 unspecified atom stereocenters. The quantitative estimate of drug-likeness (QED) is 0.870. The van der Waals surface area contributed by atoms with Gasteiger partial charge in [0, 0.05) is 12.6 Å². The summed E-state index contributed by atoms with van der Waals surface area (Å²) in [6.45, 7) is 1.36. The van der Waals surface area contributed by atoms with Gasteiger partial charge in [0.05, 0.1) is 6.61 Å². The average Bonchev–Trinajstić information content (AvgIpc) is 2.41. The van der Waals surface area contributed by atoms with Crippen molar-refractivity contribution in [2.45, 2.75) is 44.2 Å². The monoisotopic (exact) mass is 247 g/mol. The van der Waals surface area contributed by atoms with E-state index in [2.05, 4.69) is 18.2 Å². The third-order valence-electron chi connectivity index (χ3n) is 3.96. The van der Waals surface area contributed by atoms with Crippen molar-refractivity contribution < 1.29 is 9.47 Å². The fourth-order valence-corrected chi connectivity index (χ4v) is 2.81. The van der Waals surface area contributed by atoms with Gasteiger partial charge in [-0.1, -0.05) is 6.07 Å². The Balaban J connectivity index is 1.72. The van der Waals surface area contributed by atoms with Gasteiger partial charge in [-0.15, -0.1) is 0 Å². The van der Waals surface area contributed by atoms with Crippen LogP contribution in [-0.4, -0.2) is 25.4 Å². The minimum atomic E-state index is 0.000362. The second-order valence-electron chi connectivity index (χ2n) is 5.32. The van der Waals surface area contributed by atoms with E-state index in [9.17, 15) is 0 Å². The Labute approximate surface area is 108 Å². The summed E-state index contributed by atoms with van der Waals surface area (Å²) < 4.78 is 11.4. The topological polar surface area (TPSA) is 44.5 Å². The van der Waals surface area contributed by atoms with E-state index >= 15 is 0 Å². The van der Waals surface area contributed by atoms with Crippen molar-refractivity contribution in [2.75, 3.05) is 13.2 Å². The van der Waals surface area contributed by atoms with Gasteiger partial charge in [-0.2, -0.15) is 0 Å². The average molecular weight is 247 g/mol. The Hall–Kier alpha value is -1.06. The summed E-state index contributed by atoms with van der Waals surface area (Å²) in [5, 5.41) is 0. The molecule has 98 valence electrons. The highest BCUT2D eigenvalue weighted by molar-refractivity contribution is 5.37. The Morgan fingerprint density at radius 3 is 2.83 bits per heavy atom. The maximum atomic E-state index is 6.06. The summed E-state index contributed by atoms with van der Waals surface area (Å²) in [5.41, 5.74) is 8.99. The molecule has 18 heavy (non-hydrogen) atoms. The van der Waals surface area contributed by atoms with Gasteiger partial charge < -0.3 is 15.2 Å². The van der Waals surface area contributed by atoms with Crippen LogP contribution in [0, 0.1) is 0 Å². The number of hydrogen-bond acceptors (Lipinski definition) is 3. The number of fused-ring (bicyclic) bond motifs is 1. The van der Waals surface area contributed by atoms with Gasteiger partial charge in [-0.25, -0.2) is 0 Å². The van der Waals surface area contributed by atoms with Crippen LogP contribution >= 0.6 is 0 Å². The molecule has 1 saturated heterocycles. The lowest BCUT2D eigenvalue weighted by molar-refractivity contribution is -0.00535. The standard InChI is InChI=1S/C15H21NO2/c16-14-7-8-17-10-15(14)18-13-6-5-11-3-1-2-4-12(11)9-13/h5-6,9,14-15H,1-4,7-8,10,16H2. The molecule has 0 bridgehead atoms. The first-order valence-electron chi connectivity index (χ1n) is 6.95. The van der Waals surface area contributed by atoms with E-state index in [0.717, 1.165) is 18.8 Å². The number of rotatable bonds is 2. The minimum absolute atomic E-state index is 0.000362. The lowest BCUT2D eigenvalue weighted by Gasteiger charge is -2.29. The van der Waals surface area contributed by atoms with Crippen molar-refractivity contribution in [3.63, 3.8) is 0 Å². The van der Waals surface area contributed by atoms with Crippen LogP contribution in [0.15, 0.2) is 18.2 Å². The molecule has 1 aromatic rings. The second kappa shape index (κ2) is 5.29. The largest absolute Gasteiger partial charge is 0.486 e. The first-order valence-corrected chi connectivity index (χ1v) is 6.95. The van der Waals surface area contributed by atoms with Gasteiger partial charge in [0.15, 0.2) is 0 Å². The van der Waals surface area contributed by atoms with Crippen LogP contribution in [0.5, 0.6) is 5.75 Å². The Bertz CT molecular complexity index is 419. The van der Waals surface area contributed by atoms with Crippen molar-refractivity contribution >= 4 is 0 Å². The normalized spacial score (nSPS) is 27.6. The van der Waals surface area contributed by atoms with Crippen LogP contribution < -0.4 is 10.5 Å². The predicted octanol–water partition coefficient (Wildman–Crippen LogP) is 2.06. The highest BCUT2D eigenvalue weighted by atomic mass is 16.5. The summed E-state index contributed by atoms with van der Waals surface area (Å²) in [7, 11) is 0. The Morgan fingerprint density at radius 2 is 2.00 bits per heavy atom. The molecule has 0 saturated carbocycles. The first-order chi connectivity index (χ1) is 8.83. The highest BCUT2D eigenvalue weighted by Gasteiger charge is 2.24. The predicted molar refractivity (Wildman–Crippen MR) is 70.9 cm³/mol. The molecular weight excluding hydrogens is 226 g/mol. The molecule has 3 nitrogen and oxygen atoms in total. The number of ether oxygens (including phenoxy) is 2. The van der Waals surface area contributed by atoms with Gasteiger partial charge in [-0.3, -0.25) is 0 Å². The molecule has 1 heterocycles. The molecule has 2 N–H and O–H groups in total. The lowest BCUT2D eigenvalue weighted by Crippen LogP contribution is -2.46. The summed E-state index contributed by atoms with van der Waals surface area (Å²) in [4.78, 5) is 0. The van der Waals surface area contributed by atoms with Gasteiger partial charge >= 0.3 is 0 Å². The van der Waals surface area contributed by atoms with Gasteiger partial charge in [0.1, 0.15) is 11.9 Å². The molecule has 3 heteroatoms. The molecular formula is C15H21NO2. The summed E-state index contributed by atoms with van der Waals surface area (Å²) in [6.07, 6.45) is 5.88. The molecule has 2 aliphatic rings. The van der Waals surface area contributed by atoms with Crippen molar-refractivity contribution in [1.29, 1.82) is 0 Å².